The number of hydrogen-bond acceptors (Lipinski definition) is 2. The molecule has 2 heteroatoms. The predicted molar refractivity (Wildman–Crippen MR) is 56.8 cm³/mol. The van der Waals surface area contributed by atoms with Gasteiger partial charge in [0.25, 0.3) is 0 Å². The minimum atomic E-state index is 0.573. The zero-order chi connectivity index (χ0) is 10.0. The van der Waals surface area contributed by atoms with Crippen molar-refractivity contribution < 1.29 is 0 Å². The Hall–Kier alpha value is -1.05. The lowest BCUT2D eigenvalue weighted by molar-refractivity contribution is 0.725. The largest absolute Gasteiger partial charge is 0.384 e. The molecule has 0 fully saturated rings. The van der Waals surface area contributed by atoms with E-state index in [0.717, 1.165) is 12.1 Å². The maximum atomic E-state index is 5.71. The van der Waals surface area contributed by atoms with Crippen LogP contribution in [0.2, 0.25) is 0 Å². The first-order valence-electron chi connectivity index (χ1n) is 4.79. The number of hydrogen-bond donors (Lipinski definition) is 1. The third-order valence-electron chi connectivity index (χ3n) is 2.72. The number of pyridine rings is 1. The van der Waals surface area contributed by atoms with Crippen molar-refractivity contribution in [2.45, 2.75) is 40.0 Å². The van der Waals surface area contributed by atoms with Gasteiger partial charge in [-0.05, 0) is 43.4 Å². The highest BCUT2D eigenvalue weighted by Gasteiger charge is 2.09. The Labute approximate surface area is 80.2 Å². The summed E-state index contributed by atoms with van der Waals surface area (Å²) in [4.78, 5) is 4.23. The van der Waals surface area contributed by atoms with E-state index < -0.39 is 0 Å². The molecule has 2 nitrogen and oxygen atoms in total. The van der Waals surface area contributed by atoms with Crippen molar-refractivity contribution in [3.8, 4) is 0 Å². The van der Waals surface area contributed by atoms with E-state index in [9.17, 15) is 0 Å². The molecular weight excluding hydrogens is 160 g/mol. The highest BCUT2D eigenvalue weighted by atomic mass is 14.8. The van der Waals surface area contributed by atoms with E-state index in [2.05, 4.69) is 25.8 Å². The second-order valence-electron chi connectivity index (χ2n) is 3.66. The predicted octanol–water partition coefficient (Wildman–Crippen LogP) is 2.79. The number of nitrogens with zero attached hydrogens (tertiary/aromatic N) is 1. The fourth-order valence-electron chi connectivity index (χ4n) is 1.52. The molecule has 1 aromatic rings. The van der Waals surface area contributed by atoms with Crippen LogP contribution in [0.25, 0.3) is 0 Å². The average Bonchev–Trinajstić information content (AvgIpc) is 2.10. The van der Waals surface area contributed by atoms with Gasteiger partial charge in [0, 0.05) is 5.69 Å². The first-order chi connectivity index (χ1) is 6.06. The van der Waals surface area contributed by atoms with Crippen molar-refractivity contribution in [3.05, 3.63) is 22.9 Å². The molecule has 72 valence electrons. The van der Waals surface area contributed by atoms with Crippen molar-refractivity contribution >= 4 is 5.82 Å². The summed E-state index contributed by atoms with van der Waals surface area (Å²) < 4.78 is 0. The van der Waals surface area contributed by atoms with Crippen LogP contribution in [0.5, 0.6) is 0 Å². The fraction of sp³-hybridized carbons (Fsp3) is 0.545. The summed E-state index contributed by atoms with van der Waals surface area (Å²) in [5, 5.41) is 0. The van der Waals surface area contributed by atoms with E-state index in [0.29, 0.717) is 11.7 Å². The minimum absolute atomic E-state index is 0.573. The van der Waals surface area contributed by atoms with E-state index in [1.165, 1.54) is 11.1 Å². The molecule has 0 saturated heterocycles. The lowest BCUT2D eigenvalue weighted by Gasteiger charge is -2.14. The molecule has 13 heavy (non-hydrogen) atoms. The van der Waals surface area contributed by atoms with Crippen LogP contribution in [-0.2, 0) is 0 Å². The minimum Gasteiger partial charge on any atom is -0.384 e. The van der Waals surface area contributed by atoms with Gasteiger partial charge in [-0.25, -0.2) is 4.98 Å². The monoisotopic (exact) mass is 178 g/mol. The maximum absolute atomic E-state index is 5.71. The van der Waals surface area contributed by atoms with Crippen LogP contribution in [-0.4, -0.2) is 4.98 Å². The van der Waals surface area contributed by atoms with Gasteiger partial charge in [0.1, 0.15) is 5.82 Å². The second-order valence-corrected chi connectivity index (χ2v) is 3.66. The number of rotatable bonds is 2. The van der Waals surface area contributed by atoms with Crippen molar-refractivity contribution in [1.82, 2.24) is 4.98 Å². The van der Waals surface area contributed by atoms with Gasteiger partial charge in [-0.3, -0.25) is 0 Å². The molecule has 0 aromatic carbocycles. The number of aryl methyl sites for hydroxylation is 1. The highest BCUT2D eigenvalue weighted by molar-refractivity contribution is 5.41. The summed E-state index contributed by atoms with van der Waals surface area (Å²) in [6.45, 7) is 8.54. The molecule has 0 radical (unpaired) electrons. The molecule has 1 aromatic heterocycles. The van der Waals surface area contributed by atoms with Gasteiger partial charge in [-0.15, -0.1) is 0 Å². The van der Waals surface area contributed by atoms with Crippen molar-refractivity contribution in [1.29, 1.82) is 0 Å². The number of nitrogen functional groups attached to an aromatic ring is 1. The molecule has 0 spiro atoms. The Kier molecular flexibility index (Phi) is 2.91. The molecule has 0 amide bonds. The Morgan fingerprint density at radius 1 is 1.46 bits per heavy atom. The molecule has 0 aliphatic carbocycles. The molecule has 2 N–H and O–H groups in total. The quantitative estimate of drug-likeness (QED) is 0.756. The van der Waals surface area contributed by atoms with Crippen molar-refractivity contribution in [2.75, 3.05) is 5.73 Å². The highest BCUT2D eigenvalue weighted by Crippen LogP contribution is 2.25. The zero-order valence-electron chi connectivity index (χ0n) is 8.89. The third-order valence-corrected chi connectivity index (χ3v) is 2.72. The smallest absolute Gasteiger partial charge is 0.123 e. The molecule has 1 unspecified atom stereocenters. The number of anilines is 1. The molecule has 0 saturated carbocycles. The van der Waals surface area contributed by atoms with Crippen LogP contribution in [0.3, 0.4) is 0 Å². The summed E-state index contributed by atoms with van der Waals surface area (Å²) in [6, 6.07) is 2.00. The summed E-state index contributed by atoms with van der Waals surface area (Å²) in [5.74, 6) is 1.21. The van der Waals surface area contributed by atoms with Gasteiger partial charge in [-0.2, -0.15) is 0 Å². The molecule has 1 rings (SSSR count). The lowest BCUT2D eigenvalue weighted by atomic mass is 9.94. The Bertz CT molecular complexity index is 305. The van der Waals surface area contributed by atoms with E-state index >= 15 is 0 Å². The van der Waals surface area contributed by atoms with E-state index in [-0.39, 0.29) is 0 Å². The van der Waals surface area contributed by atoms with Crippen LogP contribution >= 0.6 is 0 Å². The van der Waals surface area contributed by atoms with Crippen LogP contribution in [0.15, 0.2) is 6.07 Å². The first-order valence-corrected chi connectivity index (χ1v) is 4.79. The average molecular weight is 178 g/mol. The Balaban J connectivity index is 3.20. The number of nitrogens with two attached hydrogens (primary N) is 1. The van der Waals surface area contributed by atoms with Gasteiger partial charge < -0.3 is 5.73 Å². The van der Waals surface area contributed by atoms with E-state index in [4.69, 9.17) is 5.73 Å². The maximum Gasteiger partial charge on any atom is 0.123 e. The summed E-state index contributed by atoms with van der Waals surface area (Å²) in [6.07, 6.45) is 1.14. The zero-order valence-corrected chi connectivity index (χ0v) is 8.89. The van der Waals surface area contributed by atoms with Crippen molar-refractivity contribution in [2.24, 2.45) is 0 Å². The Morgan fingerprint density at radius 3 is 2.62 bits per heavy atom. The van der Waals surface area contributed by atoms with Gasteiger partial charge in [0.05, 0.1) is 0 Å². The van der Waals surface area contributed by atoms with Crippen molar-refractivity contribution in [3.63, 3.8) is 0 Å². The van der Waals surface area contributed by atoms with E-state index in [1.54, 1.807) is 0 Å². The summed E-state index contributed by atoms with van der Waals surface area (Å²) >= 11 is 0. The van der Waals surface area contributed by atoms with Gasteiger partial charge in [0.2, 0.25) is 0 Å². The van der Waals surface area contributed by atoms with E-state index in [1.807, 2.05) is 13.0 Å². The van der Waals surface area contributed by atoms with Crippen LogP contribution in [0.4, 0.5) is 5.82 Å². The number of aromatic nitrogens is 1. The van der Waals surface area contributed by atoms with Crippen LogP contribution < -0.4 is 5.73 Å². The standard InChI is InChI=1S/C11H18N2/c1-5-7(2)10-6-11(12)13-9(4)8(10)3/h6-7H,5H2,1-4H3,(H2,12,13). The van der Waals surface area contributed by atoms with Crippen LogP contribution in [0.1, 0.15) is 43.0 Å². The molecular formula is C11H18N2. The van der Waals surface area contributed by atoms with Crippen LogP contribution in [0, 0.1) is 13.8 Å². The van der Waals surface area contributed by atoms with Gasteiger partial charge >= 0.3 is 0 Å². The molecule has 0 aliphatic rings. The second kappa shape index (κ2) is 3.77. The first kappa shape index (κ1) is 10.0. The summed E-state index contributed by atoms with van der Waals surface area (Å²) in [5.41, 5.74) is 9.38. The van der Waals surface area contributed by atoms with Gasteiger partial charge in [0.15, 0.2) is 0 Å². The SMILES string of the molecule is CCC(C)c1cc(N)nc(C)c1C. The third kappa shape index (κ3) is 2.00. The topological polar surface area (TPSA) is 38.9 Å². The Morgan fingerprint density at radius 2 is 2.08 bits per heavy atom. The normalized spacial score (nSPS) is 12.9. The van der Waals surface area contributed by atoms with Gasteiger partial charge in [-0.1, -0.05) is 13.8 Å². The molecule has 1 heterocycles. The molecule has 0 aliphatic heterocycles. The molecule has 0 bridgehead atoms. The molecule has 1 atom stereocenters. The fourth-order valence-corrected chi connectivity index (χ4v) is 1.52. The lowest BCUT2D eigenvalue weighted by Crippen LogP contribution is -2.02. The summed E-state index contributed by atoms with van der Waals surface area (Å²) in [7, 11) is 0.